The van der Waals surface area contributed by atoms with Gasteiger partial charge in [0.15, 0.2) is 0 Å². The van der Waals surface area contributed by atoms with E-state index in [9.17, 15) is 4.79 Å². The van der Waals surface area contributed by atoms with Crippen molar-refractivity contribution < 1.29 is 4.79 Å². The second-order valence-corrected chi connectivity index (χ2v) is 10.3. The van der Waals surface area contributed by atoms with E-state index in [0.29, 0.717) is 19.6 Å². The molecule has 2 saturated carbocycles. The molecule has 0 aliphatic heterocycles. The number of hydrogen-bond acceptors (Lipinski definition) is 1. The highest BCUT2D eigenvalue weighted by Gasteiger charge is 2.55. The van der Waals surface area contributed by atoms with E-state index in [1.165, 1.54) is 19.3 Å². The fraction of sp³-hybridized carbons (Fsp3) is 0.722. The van der Waals surface area contributed by atoms with Gasteiger partial charge in [-0.05, 0) is 61.0 Å². The Balaban J connectivity index is 1.71. The highest BCUT2D eigenvalue weighted by atomic mass is 127. The number of ketones is 1. The lowest BCUT2D eigenvalue weighted by molar-refractivity contribution is -0.129. The van der Waals surface area contributed by atoms with Crippen LogP contribution in [-0.4, -0.2) is 13.6 Å². The van der Waals surface area contributed by atoms with Crippen molar-refractivity contribution in [3.05, 3.63) is 23.3 Å². The third-order valence-corrected chi connectivity index (χ3v) is 10.7. The first kappa shape index (κ1) is 15.2. The maximum atomic E-state index is 12.4. The Morgan fingerprint density at radius 2 is 2.00 bits per heavy atom. The Morgan fingerprint density at radius 1 is 1.19 bits per heavy atom. The topological polar surface area (TPSA) is 17.1 Å². The second-order valence-electron chi connectivity index (χ2n) is 7.52. The molecule has 0 aromatic rings. The third-order valence-electron chi connectivity index (χ3n) is 6.72. The summed E-state index contributed by atoms with van der Waals surface area (Å²) in [4.78, 5) is 12.4. The standard InChI is InChI=1S/C18H22I2O/c1-18-9-8-12-11(13(18)5-7-15(18)21)4-2-10-3-6-14(19)17(20)16(10)12/h3,6,11-14,17H,2,4-5,7-9H2,1H3/t11-,12+,13+,14?,17?,18+/m1/s1. The fourth-order valence-corrected chi connectivity index (χ4v) is 7.29. The van der Waals surface area contributed by atoms with Crippen LogP contribution in [0.4, 0.5) is 0 Å². The molecule has 0 radical (unpaired) electrons. The lowest BCUT2D eigenvalue weighted by Gasteiger charge is -2.50. The molecular weight excluding hydrogens is 486 g/mol. The Morgan fingerprint density at radius 3 is 2.81 bits per heavy atom. The van der Waals surface area contributed by atoms with E-state index in [0.717, 1.165) is 31.1 Å². The third kappa shape index (κ3) is 2.15. The minimum absolute atomic E-state index is 0.0221. The van der Waals surface area contributed by atoms with Crippen molar-refractivity contribution in [1.29, 1.82) is 0 Å². The molecule has 0 amide bonds. The quantitative estimate of drug-likeness (QED) is 0.322. The predicted molar refractivity (Wildman–Crippen MR) is 103 cm³/mol. The van der Waals surface area contributed by atoms with Gasteiger partial charge in [-0.15, -0.1) is 0 Å². The van der Waals surface area contributed by atoms with Crippen LogP contribution in [0.25, 0.3) is 0 Å². The van der Waals surface area contributed by atoms with Gasteiger partial charge in [0.25, 0.3) is 0 Å². The molecule has 1 nitrogen and oxygen atoms in total. The predicted octanol–water partition coefficient (Wildman–Crippen LogP) is 5.27. The minimum atomic E-state index is 0.0221. The molecule has 0 bridgehead atoms. The van der Waals surface area contributed by atoms with Gasteiger partial charge < -0.3 is 0 Å². The van der Waals surface area contributed by atoms with E-state index in [1.54, 1.807) is 11.1 Å². The first-order valence-electron chi connectivity index (χ1n) is 8.25. The lowest BCUT2D eigenvalue weighted by Crippen LogP contribution is -2.45. The number of Topliss-reactive ketones (excluding diaryl/α,β-unsaturated/α-hetero) is 1. The van der Waals surface area contributed by atoms with Crippen LogP contribution in [0.2, 0.25) is 0 Å². The molecule has 4 aliphatic carbocycles. The summed E-state index contributed by atoms with van der Waals surface area (Å²) in [6.07, 6.45) is 11.8. The molecule has 0 spiro atoms. The molecule has 4 rings (SSSR count). The smallest absolute Gasteiger partial charge is 0.139 e. The molecule has 0 aromatic heterocycles. The van der Waals surface area contributed by atoms with Crippen molar-refractivity contribution in [1.82, 2.24) is 0 Å². The van der Waals surface area contributed by atoms with Crippen LogP contribution in [0.3, 0.4) is 0 Å². The van der Waals surface area contributed by atoms with Crippen molar-refractivity contribution in [2.45, 2.75) is 53.3 Å². The van der Waals surface area contributed by atoms with Gasteiger partial charge >= 0.3 is 0 Å². The van der Waals surface area contributed by atoms with Crippen LogP contribution < -0.4 is 0 Å². The van der Waals surface area contributed by atoms with Crippen LogP contribution in [0, 0.1) is 23.2 Å². The van der Waals surface area contributed by atoms with Gasteiger partial charge in [0.2, 0.25) is 0 Å². The molecule has 3 heteroatoms. The highest BCUT2D eigenvalue weighted by Crippen LogP contribution is 2.60. The Labute approximate surface area is 154 Å². The average molecular weight is 508 g/mol. The molecule has 0 aromatic carbocycles. The number of carbonyl (C=O) groups excluding carboxylic acids is 1. The first-order valence-corrected chi connectivity index (χ1v) is 10.7. The molecular formula is C18H22I2O. The summed E-state index contributed by atoms with van der Waals surface area (Å²) in [6.45, 7) is 2.27. The molecule has 4 aliphatic rings. The summed E-state index contributed by atoms with van der Waals surface area (Å²) in [6, 6.07) is 0. The average Bonchev–Trinajstić information content (AvgIpc) is 2.78. The maximum absolute atomic E-state index is 12.4. The summed E-state index contributed by atoms with van der Waals surface area (Å²) in [5.41, 5.74) is 3.42. The number of carbonyl (C=O) groups is 1. The zero-order chi connectivity index (χ0) is 14.8. The van der Waals surface area contributed by atoms with E-state index >= 15 is 0 Å². The summed E-state index contributed by atoms with van der Waals surface area (Å²) in [5.74, 6) is 2.77. The van der Waals surface area contributed by atoms with Crippen LogP contribution in [0.1, 0.15) is 45.4 Å². The molecule has 0 saturated heterocycles. The Bertz CT molecular complexity index is 549. The minimum Gasteiger partial charge on any atom is -0.299 e. The van der Waals surface area contributed by atoms with Gasteiger partial charge in [-0.3, -0.25) is 4.79 Å². The summed E-state index contributed by atoms with van der Waals surface area (Å²) in [7, 11) is 0. The number of hydrogen-bond donors (Lipinski definition) is 0. The zero-order valence-corrected chi connectivity index (χ0v) is 16.8. The summed E-state index contributed by atoms with van der Waals surface area (Å²) < 4.78 is 1.30. The van der Waals surface area contributed by atoms with Crippen molar-refractivity contribution >= 4 is 51.0 Å². The molecule has 0 heterocycles. The Kier molecular flexibility index (Phi) is 3.84. The molecule has 0 N–H and O–H groups in total. The van der Waals surface area contributed by atoms with E-state index in [-0.39, 0.29) is 5.41 Å². The van der Waals surface area contributed by atoms with E-state index in [2.05, 4.69) is 64.3 Å². The number of halogens is 2. The number of rotatable bonds is 0. The molecule has 21 heavy (non-hydrogen) atoms. The van der Waals surface area contributed by atoms with E-state index in [4.69, 9.17) is 0 Å². The lowest BCUT2D eigenvalue weighted by atomic mass is 9.55. The fourth-order valence-electron chi connectivity index (χ4n) is 5.59. The maximum Gasteiger partial charge on any atom is 0.139 e. The highest BCUT2D eigenvalue weighted by molar-refractivity contribution is 14.1. The van der Waals surface area contributed by atoms with Crippen LogP contribution in [0.15, 0.2) is 23.3 Å². The number of allylic oxidation sites excluding steroid dienone is 4. The van der Waals surface area contributed by atoms with Gasteiger partial charge in [-0.2, -0.15) is 0 Å². The van der Waals surface area contributed by atoms with Crippen molar-refractivity contribution in [3.8, 4) is 0 Å². The van der Waals surface area contributed by atoms with Crippen molar-refractivity contribution in [2.24, 2.45) is 23.2 Å². The monoisotopic (exact) mass is 508 g/mol. The second kappa shape index (κ2) is 5.32. The van der Waals surface area contributed by atoms with E-state index < -0.39 is 0 Å². The molecule has 2 fully saturated rings. The SMILES string of the molecule is C[C@]12CC[C@@H]3C4=C(C=CC(I)C4I)CC[C@H]3[C@@H]1CCC2=O. The van der Waals surface area contributed by atoms with Gasteiger partial charge in [0, 0.05) is 19.7 Å². The van der Waals surface area contributed by atoms with Crippen LogP contribution in [-0.2, 0) is 4.79 Å². The van der Waals surface area contributed by atoms with Crippen LogP contribution in [0.5, 0.6) is 0 Å². The van der Waals surface area contributed by atoms with E-state index in [1.807, 2.05) is 0 Å². The van der Waals surface area contributed by atoms with Gasteiger partial charge in [-0.25, -0.2) is 0 Å². The van der Waals surface area contributed by atoms with Crippen molar-refractivity contribution in [3.63, 3.8) is 0 Å². The largest absolute Gasteiger partial charge is 0.299 e. The van der Waals surface area contributed by atoms with Crippen molar-refractivity contribution in [2.75, 3.05) is 0 Å². The Hall–Kier alpha value is 0.610. The summed E-state index contributed by atoms with van der Waals surface area (Å²) >= 11 is 5.26. The number of alkyl halides is 2. The van der Waals surface area contributed by atoms with Gasteiger partial charge in [-0.1, -0.05) is 64.3 Å². The van der Waals surface area contributed by atoms with Gasteiger partial charge in [0.1, 0.15) is 5.78 Å². The zero-order valence-electron chi connectivity index (χ0n) is 12.4. The molecule has 114 valence electrons. The van der Waals surface area contributed by atoms with Gasteiger partial charge in [0.05, 0.1) is 0 Å². The number of fused-ring (bicyclic) bond motifs is 4. The van der Waals surface area contributed by atoms with Crippen LogP contribution >= 0.6 is 45.2 Å². The molecule has 2 unspecified atom stereocenters. The first-order chi connectivity index (χ1) is 10.0. The molecule has 6 atom stereocenters. The normalized spacial score (nSPS) is 48.9. The summed E-state index contributed by atoms with van der Waals surface area (Å²) in [5, 5.41) is 0.